The van der Waals surface area contributed by atoms with Crippen LogP contribution in [0.2, 0.25) is 0 Å². The first-order chi connectivity index (χ1) is 16.6. The molecule has 0 unspecified atom stereocenters. The average Bonchev–Trinajstić information content (AvgIpc) is 3.62. The summed E-state index contributed by atoms with van der Waals surface area (Å²) >= 11 is 1.39. The third-order valence-corrected chi connectivity index (χ3v) is 7.71. The molecule has 3 aliphatic rings. The summed E-state index contributed by atoms with van der Waals surface area (Å²) in [5.74, 6) is -0.491. The lowest BCUT2D eigenvalue weighted by atomic mass is 10.1. The van der Waals surface area contributed by atoms with Crippen molar-refractivity contribution < 1.29 is 14.4 Å². The topological polar surface area (TPSA) is 95.0 Å². The van der Waals surface area contributed by atoms with E-state index in [1.54, 1.807) is 36.7 Å². The van der Waals surface area contributed by atoms with Crippen LogP contribution >= 0.6 is 11.8 Å². The highest BCUT2D eigenvalue weighted by atomic mass is 32.2. The SMILES string of the molecule is O=C(C[C@@H]1SC(N2CCCC2)=NC1=O)Nc1ccc(C(=O)N2CCC[C@H]2c2ccncc2)cc1. The summed E-state index contributed by atoms with van der Waals surface area (Å²) in [5, 5.41) is 3.11. The average molecular weight is 478 g/mol. The number of nitrogens with one attached hydrogen (secondary N) is 1. The van der Waals surface area contributed by atoms with E-state index in [2.05, 4.69) is 20.2 Å². The van der Waals surface area contributed by atoms with Crippen LogP contribution in [0.4, 0.5) is 5.69 Å². The summed E-state index contributed by atoms with van der Waals surface area (Å²) in [4.78, 5) is 50.2. The van der Waals surface area contributed by atoms with Crippen LogP contribution in [0.5, 0.6) is 0 Å². The standard InChI is InChI=1S/C25H27N5O3S/c31-22(16-21-23(32)28-25(34-21)29-13-1-2-14-29)27-19-7-5-18(6-8-19)24(33)30-15-3-4-20(30)17-9-11-26-12-10-17/h5-12,20-21H,1-4,13-16H2,(H,27,31)/t20-,21-/m0/s1. The van der Waals surface area contributed by atoms with E-state index in [9.17, 15) is 14.4 Å². The number of rotatable bonds is 5. The van der Waals surface area contributed by atoms with Gasteiger partial charge in [0.25, 0.3) is 11.8 Å². The number of amidine groups is 1. The molecule has 1 aromatic carbocycles. The molecule has 4 heterocycles. The number of amides is 3. The predicted molar refractivity (Wildman–Crippen MR) is 132 cm³/mol. The normalized spacial score (nSPS) is 22.2. The van der Waals surface area contributed by atoms with Crippen molar-refractivity contribution in [2.45, 2.75) is 43.4 Å². The van der Waals surface area contributed by atoms with Crippen molar-refractivity contribution in [3.63, 3.8) is 0 Å². The Balaban J connectivity index is 1.16. The van der Waals surface area contributed by atoms with Gasteiger partial charge in [0.05, 0.1) is 6.04 Å². The molecule has 2 fully saturated rings. The van der Waals surface area contributed by atoms with Crippen LogP contribution in [0.15, 0.2) is 53.8 Å². The third kappa shape index (κ3) is 4.84. The second-order valence-electron chi connectivity index (χ2n) is 8.80. The van der Waals surface area contributed by atoms with Gasteiger partial charge in [-0.05, 0) is 67.6 Å². The number of nitrogens with zero attached hydrogens (tertiary/aromatic N) is 4. The molecule has 9 heteroatoms. The second kappa shape index (κ2) is 9.97. The fraction of sp³-hybridized carbons (Fsp3) is 0.400. The Kier molecular flexibility index (Phi) is 6.62. The number of hydrogen-bond donors (Lipinski definition) is 1. The van der Waals surface area contributed by atoms with Crippen molar-refractivity contribution in [1.82, 2.24) is 14.8 Å². The van der Waals surface area contributed by atoms with E-state index in [0.717, 1.165) is 56.0 Å². The van der Waals surface area contributed by atoms with Crippen LogP contribution < -0.4 is 5.32 Å². The maximum Gasteiger partial charge on any atom is 0.262 e. The van der Waals surface area contributed by atoms with Gasteiger partial charge in [0.1, 0.15) is 5.25 Å². The molecule has 2 aromatic rings. The van der Waals surface area contributed by atoms with Crippen molar-refractivity contribution in [3.05, 3.63) is 59.9 Å². The van der Waals surface area contributed by atoms with Crippen LogP contribution in [0.3, 0.4) is 0 Å². The number of likely N-dealkylation sites (tertiary alicyclic amines) is 2. The zero-order chi connectivity index (χ0) is 23.5. The van der Waals surface area contributed by atoms with E-state index in [-0.39, 0.29) is 30.2 Å². The summed E-state index contributed by atoms with van der Waals surface area (Å²) in [6.07, 6.45) is 7.71. The molecule has 34 heavy (non-hydrogen) atoms. The van der Waals surface area contributed by atoms with E-state index < -0.39 is 5.25 Å². The lowest BCUT2D eigenvalue weighted by Gasteiger charge is -2.25. The first kappa shape index (κ1) is 22.6. The van der Waals surface area contributed by atoms with Crippen molar-refractivity contribution in [3.8, 4) is 0 Å². The molecule has 0 saturated carbocycles. The molecule has 8 nitrogen and oxygen atoms in total. The molecule has 0 radical (unpaired) electrons. The zero-order valence-electron chi connectivity index (χ0n) is 18.9. The van der Waals surface area contributed by atoms with Crippen molar-refractivity contribution >= 4 is 40.3 Å². The number of aliphatic imine (C=N–C) groups is 1. The Morgan fingerprint density at radius 1 is 1.00 bits per heavy atom. The smallest absolute Gasteiger partial charge is 0.262 e. The van der Waals surface area contributed by atoms with E-state index in [4.69, 9.17) is 0 Å². The largest absolute Gasteiger partial charge is 0.351 e. The predicted octanol–water partition coefficient (Wildman–Crippen LogP) is 3.48. The minimum absolute atomic E-state index is 0.0169. The summed E-state index contributed by atoms with van der Waals surface area (Å²) < 4.78 is 0. The number of carbonyl (C=O) groups excluding carboxylic acids is 3. The highest BCUT2D eigenvalue weighted by molar-refractivity contribution is 8.15. The van der Waals surface area contributed by atoms with E-state index in [1.165, 1.54) is 11.8 Å². The molecule has 1 aromatic heterocycles. The molecule has 0 spiro atoms. The molecule has 5 rings (SSSR count). The van der Waals surface area contributed by atoms with Crippen LogP contribution in [0, 0.1) is 0 Å². The minimum atomic E-state index is -0.475. The number of thioether (sulfide) groups is 1. The molecular formula is C25H27N5O3S. The van der Waals surface area contributed by atoms with E-state index >= 15 is 0 Å². The van der Waals surface area contributed by atoms with Crippen molar-refractivity contribution in [1.29, 1.82) is 0 Å². The maximum absolute atomic E-state index is 13.1. The second-order valence-corrected chi connectivity index (χ2v) is 9.97. The maximum atomic E-state index is 13.1. The van der Waals surface area contributed by atoms with E-state index in [1.807, 2.05) is 17.0 Å². The van der Waals surface area contributed by atoms with Gasteiger partial charge in [-0.25, -0.2) is 0 Å². The molecule has 3 aliphatic heterocycles. The number of carbonyl (C=O) groups is 3. The van der Waals surface area contributed by atoms with Gasteiger partial charge < -0.3 is 15.1 Å². The highest BCUT2D eigenvalue weighted by Crippen LogP contribution is 2.33. The monoisotopic (exact) mass is 477 g/mol. The highest BCUT2D eigenvalue weighted by Gasteiger charge is 2.34. The van der Waals surface area contributed by atoms with Gasteiger partial charge >= 0.3 is 0 Å². The molecule has 1 N–H and O–H groups in total. The van der Waals surface area contributed by atoms with Crippen molar-refractivity contribution in [2.24, 2.45) is 4.99 Å². The molecule has 2 atom stereocenters. The number of aromatic nitrogens is 1. The minimum Gasteiger partial charge on any atom is -0.351 e. The summed E-state index contributed by atoms with van der Waals surface area (Å²) in [6.45, 7) is 2.56. The van der Waals surface area contributed by atoms with Crippen LogP contribution in [0.25, 0.3) is 0 Å². The van der Waals surface area contributed by atoms with Gasteiger partial charge in [-0.3, -0.25) is 19.4 Å². The molecule has 2 saturated heterocycles. The molecule has 176 valence electrons. The Labute approximate surface area is 202 Å². The fourth-order valence-corrected chi connectivity index (χ4v) is 5.85. The lowest BCUT2D eigenvalue weighted by Crippen LogP contribution is -2.30. The Morgan fingerprint density at radius 2 is 1.74 bits per heavy atom. The first-order valence-electron chi connectivity index (χ1n) is 11.7. The summed E-state index contributed by atoms with van der Waals surface area (Å²) in [6, 6.07) is 10.9. The Bertz CT molecular complexity index is 1100. The number of anilines is 1. The van der Waals surface area contributed by atoms with Crippen LogP contribution in [0.1, 0.15) is 54.1 Å². The van der Waals surface area contributed by atoms with Gasteiger partial charge in [0.2, 0.25) is 5.91 Å². The van der Waals surface area contributed by atoms with E-state index in [0.29, 0.717) is 11.3 Å². The Hall–Kier alpha value is -3.20. The zero-order valence-corrected chi connectivity index (χ0v) is 19.7. The van der Waals surface area contributed by atoms with Crippen LogP contribution in [-0.2, 0) is 9.59 Å². The number of pyridine rings is 1. The molecule has 0 bridgehead atoms. The first-order valence-corrected chi connectivity index (χ1v) is 12.6. The van der Waals surface area contributed by atoms with Gasteiger partial charge in [0, 0.05) is 49.7 Å². The van der Waals surface area contributed by atoms with Crippen molar-refractivity contribution in [2.75, 3.05) is 25.0 Å². The lowest BCUT2D eigenvalue weighted by molar-refractivity contribution is -0.121. The molecule has 0 aliphatic carbocycles. The van der Waals surface area contributed by atoms with Gasteiger partial charge in [-0.1, -0.05) is 11.8 Å². The van der Waals surface area contributed by atoms with Gasteiger partial charge in [-0.15, -0.1) is 0 Å². The summed E-state index contributed by atoms with van der Waals surface area (Å²) in [7, 11) is 0. The molecular weight excluding hydrogens is 450 g/mol. The quantitative estimate of drug-likeness (QED) is 0.709. The van der Waals surface area contributed by atoms with Gasteiger partial charge in [-0.2, -0.15) is 4.99 Å². The summed E-state index contributed by atoms with van der Waals surface area (Å²) in [5.41, 5.74) is 2.29. The Morgan fingerprint density at radius 3 is 2.47 bits per heavy atom. The van der Waals surface area contributed by atoms with Gasteiger partial charge in [0.15, 0.2) is 5.17 Å². The third-order valence-electron chi connectivity index (χ3n) is 6.50. The molecule has 3 amide bonds. The fourth-order valence-electron chi connectivity index (χ4n) is 4.74. The number of benzene rings is 1. The van der Waals surface area contributed by atoms with Crippen LogP contribution in [-0.4, -0.2) is 62.6 Å². The number of hydrogen-bond acceptors (Lipinski definition) is 6.